The molecule has 0 aliphatic carbocycles. The van der Waals surface area contributed by atoms with Crippen molar-refractivity contribution in [1.29, 1.82) is 0 Å². The van der Waals surface area contributed by atoms with Crippen molar-refractivity contribution in [2.45, 2.75) is 0 Å². The van der Waals surface area contributed by atoms with Crippen LogP contribution < -0.4 is 5.32 Å². The zero-order chi connectivity index (χ0) is 13.2. The van der Waals surface area contributed by atoms with E-state index in [4.69, 9.17) is 0 Å². The Morgan fingerprint density at radius 2 is 2.26 bits per heavy atom. The summed E-state index contributed by atoms with van der Waals surface area (Å²) >= 11 is 0. The summed E-state index contributed by atoms with van der Waals surface area (Å²) in [5, 5.41) is 12.3. The first-order valence-electron chi connectivity index (χ1n) is 5.37. The highest BCUT2D eigenvalue weighted by Crippen LogP contribution is 2.12. The first-order valence-corrected chi connectivity index (χ1v) is 5.37. The third kappa shape index (κ3) is 2.06. The van der Waals surface area contributed by atoms with Crippen LogP contribution in [0.5, 0.6) is 0 Å². The summed E-state index contributed by atoms with van der Waals surface area (Å²) in [6.07, 6.45) is 5.23. The Labute approximate surface area is 106 Å². The predicted octanol–water partition coefficient (Wildman–Crippen LogP) is 0.517. The van der Waals surface area contributed by atoms with Gasteiger partial charge in [-0.05, 0) is 12.1 Å². The van der Waals surface area contributed by atoms with Gasteiger partial charge in [0.15, 0.2) is 12.0 Å². The predicted molar refractivity (Wildman–Crippen MR) is 64.9 cm³/mol. The van der Waals surface area contributed by atoms with Gasteiger partial charge in [0, 0.05) is 12.4 Å². The minimum absolute atomic E-state index is 0.194. The number of pyridine rings is 1. The molecular formula is C11H8N6O2. The Bertz CT molecular complexity index is 746. The maximum absolute atomic E-state index is 11.8. The third-order valence-corrected chi connectivity index (χ3v) is 2.50. The minimum atomic E-state index is -0.371. The molecule has 1 amide bonds. The number of amides is 1. The Hall–Kier alpha value is -3.03. The number of rotatable bonds is 3. The van der Waals surface area contributed by atoms with E-state index in [1.54, 1.807) is 28.9 Å². The van der Waals surface area contributed by atoms with E-state index in [-0.39, 0.29) is 11.6 Å². The number of hydrogen-bond donors (Lipinski definition) is 2. The van der Waals surface area contributed by atoms with Gasteiger partial charge in [-0.3, -0.25) is 9.59 Å². The molecule has 3 aromatic heterocycles. The van der Waals surface area contributed by atoms with E-state index in [2.05, 4.69) is 25.7 Å². The van der Waals surface area contributed by atoms with Crippen LogP contribution in [0.2, 0.25) is 0 Å². The summed E-state index contributed by atoms with van der Waals surface area (Å²) in [5.41, 5.74) is 1.72. The average molecular weight is 256 g/mol. The van der Waals surface area contributed by atoms with Crippen LogP contribution in [0.4, 0.5) is 5.69 Å². The number of aromatic amines is 1. The van der Waals surface area contributed by atoms with Gasteiger partial charge < -0.3 is 9.72 Å². The molecule has 3 heterocycles. The van der Waals surface area contributed by atoms with E-state index >= 15 is 0 Å². The van der Waals surface area contributed by atoms with Crippen molar-refractivity contribution in [1.82, 2.24) is 24.8 Å². The minimum Gasteiger partial charge on any atom is -0.319 e. The molecule has 0 radical (unpaired) electrons. The second kappa shape index (κ2) is 4.33. The summed E-state index contributed by atoms with van der Waals surface area (Å²) in [7, 11) is 0. The normalized spacial score (nSPS) is 10.5. The molecule has 94 valence electrons. The topological polar surface area (TPSA) is 105 Å². The summed E-state index contributed by atoms with van der Waals surface area (Å²) in [5.74, 6) is -0.371. The zero-order valence-corrected chi connectivity index (χ0v) is 9.57. The molecule has 0 aliphatic heterocycles. The van der Waals surface area contributed by atoms with E-state index < -0.39 is 0 Å². The number of carbonyl (C=O) groups excluding carboxylic acids is 2. The fourth-order valence-corrected chi connectivity index (χ4v) is 1.65. The molecule has 0 atom stereocenters. The lowest BCUT2D eigenvalue weighted by Gasteiger charge is -2.03. The lowest BCUT2D eigenvalue weighted by molar-refractivity contribution is 0.102. The van der Waals surface area contributed by atoms with Crippen LogP contribution in [0.1, 0.15) is 21.0 Å². The van der Waals surface area contributed by atoms with E-state index in [0.717, 1.165) is 0 Å². The number of fused-ring (bicyclic) bond motifs is 1. The molecule has 0 aromatic carbocycles. The van der Waals surface area contributed by atoms with Gasteiger partial charge in [-0.25, -0.2) is 4.98 Å². The monoisotopic (exact) mass is 256 g/mol. The van der Waals surface area contributed by atoms with Crippen molar-refractivity contribution >= 4 is 23.5 Å². The number of anilines is 1. The lowest BCUT2D eigenvalue weighted by atomic mass is 10.3. The smallest absolute Gasteiger partial charge is 0.277 e. The highest BCUT2D eigenvalue weighted by Gasteiger charge is 2.09. The van der Waals surface area contributed by atoms with Crippen LogP contribution >= 0.6 is 0 Å². The van der Waals surface area contributed by atoms with Gasteiger partial charge in [-0.15, -0.1) is 0 Å². The second-order valence-corrected chi connectivity index (χ2v) is 3.78. The number of aldehydes is 1. The molecule has 0 unspecified atom stereocenters. The molecule has 3 aromatic rings. The molecule has 8 heteroatoms. The number of carbonyl (C=O) groups is 2. The highest BCUT2D eigenvalue weighted by atomic mass is 16.2. The van der Waals surface area contributed by atoms with Crippen molar-refractivity contribution in [2.24, 2.45) is 0 Å². The number of imidazole rings is 1. The Kier molecular flexibility index (Phi) is 2.53. The summed E-state index contributed by atoms with van der Waals surface area (Å²) in [6, 6.07) is 3.39. The van der Waals surface area contributed by atoms with Gasteiger partial charge in [0.05, 0.1) is 11.9 Å². The maximum Gasteiger partial charge on any atom is 0.277 e. The van der Waals surface area contributed by atoms with Crippen LogP contribution in [0.3, 0.4) is 0 Å². The zero-order valence-electron chi connectivity index (χ0n) is 9.57. The molecule has 19 heavy (non-hydrogen) atoms. The van der Waals surface area contributed by atoms with Crippen LogP contribution in [0.25, 0.3) is 5.65 Å². The SMILES string of the molecule is O=Cc1cn2cc(NC(=O)c3cn[nH]n3)ccc2n1. The van der Waals surface area contributed by atoms with Crippen molar-refractivity contribution in [2.75, 3.05) is 5.32 Å². The largest absolute Gasteiger partial charge is 0.319 e. The number of hydrogen-bond acceptors (Lipinski definition) is 5. The lowest BCUT2D eigenvalue weighted by Crippen LogP contribution is -2.12. The summed E-state index contributed by atoms with van der Waals surface area (Å²) in [4.78, 5) is 26.4. The fraction of sp³-hybridized carbons (Fsp3) is 0. The number of aromatic nitrogens is 5. The molecule has 0 aliphatic rings. The molecule has 0 saturated heterocycles. The van der Waals surface area contributed by atoms with Crippen LogP contribution in [-0.4, -0.2) is 37.0 Å². The second-order valence-electron chi connectivity index (χ2n) is 3.78. The Morgan fingerprint density at radius 1 is 1.37 bits per heavy atom. The highest BCUT2D eigenvalue weighted by molar-refractivity contribution is 6.02. The third-order valence-electron chi connectivity index (χ3n) is 2.50. The van der Waals surface area contributed by atoms with E-state index in [1.165, 1.54) is 6.20 Å². The standard InChI is InChI=1S/C11H8N6O2/c18-6-8-5-17-4-7(1-2-10(17)13-8)14-11(19)9-3-12-16-15-9/h1-6H,(H,14,19)(H,12,15,16). The van der Waals surface area contributed by atoms with Gasteiger partial charge in [0.2, 0.25) is 0 Å². The molecule has 8 nitrogen and oxygen atoms in total. The quantitative estimate of drug-likeness (QED) is 0.664. The van der Waals surface area contributed by atoms with Crippen molar-refractivity contribution < 1.29 is 9.59 Å². The van der Waals surface area contributed by atoms with E-state index in [1.807, 2.05) is 0 Å². The Balaban J connectivity index is 1.89. The van der Waals surface area contributed by atoms with Gasteiger partial charge >= 0.3 is 0 Å². The van der Waals surface area contributed by atoms with E-state index in [9.17, 15) is 9.59 Å². The number of H-pyrrole nitrogens is 1. The van der Waals surface area contributed by atoms with Gasteiger partial charge in [0.25, 0.3) is 5.91 Å². The Morgan fingerprint density at radius 3 is 3.00 bits per heavy atom. The molecule has 0 fully saturated rings. The molecule has 0 spiro atoms. The van der Waals surface area contributed by atoms with Crippen LogP contribution in [-0.2, 0) is 0 Å². The van der Waals surface area contributed by atoms with Crippen LogP contribution in [0.15, 0.2) is 30.7 Å². The molecule has 0 saturated carbocycles. The first kappa shape index (κ1) is 11.1. The molecule has 2 N–H and O–H groups in total. The fourth-order valence-electron chi connectivity index (χ4n) is 1.65. The van der Waals surface area contributed by atoms with Crippen molar-refractivity contribution in [3.8, 4) is 0 Å². The van der Waals surface area contributed by atoms with Crippen molar-refractivity contribution in [3.05, 3.63) is 42.1 Å². The van der Waals surface area contributed by atoms with E-state index in [0.29, 0.717) is 23.3 Å². The summed E-state index contributed by atoms with van der Waals surface area (Å²) < 4.78 is 1.65. The number of nitrogens with one attached hydrogen (secondary N) is 2. The molecule has 0 bridgehead atoms. The average Bonchev–Trinajstić information content (AvgIpc) is 3.07. The van der Waals surface area contributed by atoms with Gasteiger partial charge in [-0.1, -0.05) is 0 Å². The van der Waals surface area contributed by atoms with Crippen LogP contribution in [0, 0.1) is 0 Å². The molecular weight excluding hydrogens is 248 g/mol. The van der Waals surface area contributed by atoms with Gasteiger partial charge in [0.1, 0.15) is 11.3 Å². The van der Waals surface area contributed by atoms with Gasteiger partial charge in [-0.2, -0.15) is 15.4 Å². The summed E-state index contributed by atoms with van der Waals surface area (Å²) in [6.45, 7) is 0. The number of nitrogens with zero attached hydrogens (tertiary/aromatic N) is 4. The first-order chi connectivity index (χ1) is 9.26. The molecule has 3 rings (SSSR count). The maximum atomic E-state index is 11.8. The van der Waals surface area contributed by atoms with Crippen molar-refractivity contribution in [3.63, 3.8) is 0 Å².